The van der Waals surface area contributed by atoms with Gasteiger partial charge in [0, 0.05) is 5.56 Å². The molecule has 2 aromatic rings. The second kappa shape index (κ2) is 5.21. The van der Waals surface area contributed by atoms with Gasteiger partial charge in [0.05, 0.1) is 11.4 Å². The molecule has 1 aromatic heterocycles. The Morgan fingerprint density at radius 1 is 1.14 bits per heavy atom. The Bertz CT molecular complexity index is 833. The number of pyridine rings is 1. The van der Waals surface area contributed by atoms with Gasteiger partial charge in [0.25, 0.3) is 10.0 Å². The van der Waals surface area contributed by atoms with Crippen LogP contribution < -0.4 is 0 Å². The van der Waals surface area contributed by atoms with Crippen LogP contribution in [0.1, 0.15) is 11.1 Å². The molecule has 0 aliphatic carbocycles. The van der Waals surface area contributed by atoms with Crippen molar-refractivity contribution in [3.63, 3.8) is 0 Å². The molecule has 0 atom stereocenters. The van der Waals surface area contributed by atoms with E-state index in [1.807, 2.05) is 0 Å². The van der Waals surface area contributed by atoms with Gasteiger partial charge >= 0.3 is 0 Å². The minimum Gasteiger partial charge on any atom is -0.251 e. The molecule has 0 saturated carbocycles. The first-order valence-electron chi connectivity index (χ1n) is 5.87. The lowest BCUT2D eigenvalue weighted by atomic mass is 10.2. The summed E-state index contributed by atoms with van der Waals surface area (Å²) in [5, 5.41) is 0.412. The van der Waals surface area contributed by atoms with Crippen molar-refractivity contribution in [3.05, 3.63) is 57.8 Å². The molecule has 0 N–H and O–H groups in total. The lowest BCUT2D eigenvalue weighted by Crippen LogP contribution is -2.28. The first kappa shape index (κ1) is 14.7. The zero-order chi connectivity index (χ0) is 15.2. The van der Waals surface area contributed by atoms with Crippen molar-refractivity contribution in [1.82, 2.24) is 9.29 Å². The molecule has 0 fully saturated rings. The molecule has 108 valence electrons. The van der Waals surface area contributed by atoms with E-state index in [1.165, 1.54) is 4.31 Å². The van der Waals surface area contributed by atoms with Crippen molar-refractivity contribution in [3.8, 4) is 0 Å². The molecule has 1 aliphatic rings. The Labute approximate surface area is 137 Å². The van der Waals surface area contributed by atoms with Gasteiger partial charge in [0.15, 0.2) is 0 Å². The molecule has 1 aromatic carbocycles. The first-order valence-corrected chi connectivity index (χ1v) is 8.48. The third kappa shape index (κ3) is 2.53. The zero-order valence-corrected chi connectivity index (χ0v) is 13.6. The maximum atomic E-state index is 12.5. The molecule has 8 heteroatoms. The van der Waals surface area contributed by atoms with E-state index in [1.54, 1.807) is 36.4 Å². The maximum Gasteiger partial charge on any atom is 0.266 e. The summed E-state index contributed by atoms with van der Waals surface area (Å²) in [5.41, 5.74) is 1.16. The summed E-state index contributed by atoms with van der Waals surface area (Å²) < 4.78 is 26.2. The van der Waals surface area contributed by atoms with Crippen LogP contribution in [0.3, 0.4) is 0 Å². The standard InChI is InChI=1S/C13H8Cl2N2O2S2/c14-11-5-8(6-12(15)16-11)7-17-13(20)9-3-1-2-4-10(9)21(17,18)19/h1-6H,7H2. The molecule has 2 heterocycles. The van der Waals surface area contributed by atoms with E-state index in [9.17, 15) is 8.42 Å². The summed E-state index contributed by atoms with van der Waals surface area (Å²) in [6.07, 6.45) is 0. The number of sulfonamides is 1. The zero-order valence-electron chi connectivity index (χ0n) is 10.5. The van der Waals surface area contributed by atoms with Crippen LogP contribution in [-0.4, -0.2) is 22.7 Å². The van der Waals surface area contributed by atoms with Gasteiger partial charge in [-0.25, -0.2) is 13.4 Å². The van der Waals surface area contributed by atoms with E-state index in [-0.39, 0.29) is 26.7 Å². The van der Waals surface area contributed by atoms with Crippen LogP contribution in [0.2, 0.25) is 10.3 Å². The number of thiocarbonyl (C=S) groups is 1. The fourth-order valence-corrected chi connectivity index (χ4v) is 4.83. The molecule has 3 rings (SSSR count). The number of halogens is 2. The van der Waals surface area contributed by atoms with Crippen LogP contribution >= 0.6 is 35.4 Å². The maximum absolute atomic E-state index is 12.5. The van der Waals surface area contributed by atoms with Crippen LogP contribution in [0, 0.1) is 0 Å². The van der Waals surface area contributed by atoms with Crippen LogP contribution in [0.5, 0.6) is 0 Å². The number of fused-ring (bicyclic) bond motifs is 1. The van der Waals surface area contributed by atoms with Gasteiger partial charge in [-0.15, -0.1) is 0 Å². The van der Waals surface area contributed by atoms with Gasteiger partial charge in [-0.05, 0) is 23.8 Å². The smallest absolute Gasteiger partial charge is 0.251 e. The van der Waals surface area contributed by atoms with Gasteiger partial charge in [-0.1, -0.05) is 53.6 Å². The minimum atomic E-state index is -3.63. The number of hydrogen-bond donors (Lipinski definition) is 0. The van der Waals surface area contributed by atoms with Crippen molar-refractivity contribution < 1.29 is 8.42 Å². The van der Waals surface area contributed by atoms with Crippen molar-refractivity contribution >= 4 is 50.4 Å². The van der Waals surface area contributed by atoms with Gasteiger partial charge in [0.1, 0.15) is 15.3 Å². The average molecular weight is 359 g/mol. The number of hydrogen-bond acceptors (Lipinski definition) is 4. The summed E-state index contributed by atoms with van der Waals surface area (Å²) in [7, 11) is -3.63. The number of nitrogens with zero attached hydrogens (tertiary/aromatic N) is 2. The van der Waals surface area contributed by atoms with Crippen molar-refractivity contribution in [2.75, 3.05) is 0 Å². The highest BCUT2D eigenvalue weighted by atomic mass is 35.5. The summed E-state index contributed by atoms with van der Waals surface area (Å²) >= 11 is 16.9. The normalized spacial score (nSPS) is 16.1. The topological polar surface area (TPSA) is 50.3 Å². The highest BCUT2D eigenvalue weighted by Gasteiger charge is 2.37. The van der Waals surface area contributed by atoms with E-state index >= 15 is 0 Å². The van der Waals surface area contributed by atoms with Crippen molar-refractivity contribution in [2.45, 2.75) is 11.4 Å². The van der Waals surface area contributed by atoms with Crippen LogP contribution in [0.25, 0.3) is 0 Å². The van der Waals surface area contributed by atoms with Gasteiger partial charge in [-0.3, -0.25) is 4.31 Å². The molecule has 0 amide bonds. The fraction of sp³-hybridized carbons (Fsp3) is 0.0769. The Hall–Kier alpha value is -1.21. The van der Waals surface area contributed by atoms with Crippen LogP contribution in [0.15, 0.2) is 41.3 Å². The van der Waals surface area contributed by atoms with E-state index < -0.39 is 10.0 Å². The van der Waals surface area contributed by atoms with E-state index in [4.69, 9.17) is 35.4 Å². The van der Waals surface area contributed by atoms with Crippen LogP contribution in [0.4, 0.5) is 0 Å². The molecule has 0 bridgehead atoms. The van der Waals surface area contributed by atoms with Crippen LogP contribution in [-0.2, 0) is 16.6 Å². The number of aromatic nitrogens is 1. The van der Waals surface area contributed by atoms with Crippen molar-refractivity contribution in [2.24, 2.45) is 0 Å². The lowest BCUT2D eigenvalue weighted by Gasteiger charge is -2.17. The molecule has 0 saturated heterocycles. The average Bonchev–Trinajstić information content (AvgIpc) is 2.60. The third-order valence-corrected chi connectivity index (χ3v) is 5.81. The monoisotopic (exact) mass is 358 g/mol. The predicted molar refractivity (Wildman–Crippen MR) is 85.1 cm³/mol. The fourth-order valence-electron chi connectivity index (χ4n) is 2.16. The van der Waals surface area contributed by atoms with Crippen molar-refractivity contribution in [1.29, 1.82) is 0 Å². The highest BCUT2D eigenvalue weighted by Crippen LogP contribution is 2.32. The Kier molecular flexibility index (Phi) is 3.65. The van der Waals surface area contributed by atoms with E-state index in [0.29, 0.717) is 11.1 Å². The molecule has 21 heavy (non-hydrogen) atoms. The number of rotatable bonds is 2. The van der Waals surface area contributed by atoms with Gasteiger partial charge in [-0.2, -0.15) is 0 Å². The Morgan fingerprint density at radius 2 is 1.76 bits per heavy atom. The summed E-state index contributed by atoms with van der Waals surface area (Å²) in [5.74, 6) is 0. The Balaban J connectivity index is 2.03. The Morgan fingerprint density at radius 3 is 2.38 bits per heavy atom. The molecule has 4 nitrogen and oxygen atoms in total. The second-order valence-corrected chi connectivity index (χ2v) is 7.43. The molecule has 0 radical (unpaired) electrons. The molecule has 0 unspecified atom stereocenters. The molecular weight excluding hydrogens is 351 g/mol. The molecular formula is C13H8Cl2N2O2S2. The first-order chi connectivity index (χ1) is 9.89. The second-order valence-electron chi connectivity index (χ2n) is 4.43. The largest absolute Gasteiger partial charge is 0.266 e. The number of benzene rings is 1. The third-order valence-electron chi connectivity index (χ3n) is 3.06. The highest BCUT2D eigenvalue weighted by molar-refractivity contribution is 7.92. The quantitative estimate of drug-likeness (QED) is 0.610. The van der Waals surface area contributed by atoms with Gasteiger partial charge in [0.2, 0.25) is 0 Å². The molecule has 1 aliphatic heterocycles. The predicted octanol–water partition coefficient (Wildman–Crippen LogP) is 3.27. The summed E-state index contributed by atoms with van der Waals surface area (Å²) in [6, 6.07) is 9.79. The lowest BCUT2D eigenvalue weighted by molar-refractivity contribution is 0.530. The molecule has 0 spiro atoms. The van der Waals surface area contributed by atoms with E-state index in [0.717, 1.165) is 0 Å². The van der Waals surface area contributed by atoms with Gasteiger partial charge < -0.3 is 0 Å². The SMILES string of the molecule is O=S1(=O)c2ccccc2C(=S)N1Cc1cc(Cl)nc(Cl)c1. The van der Waals surface area contributed by atoms with E-state index in [2.05, 4.69) is 4.98 Å². The minimum absolute atomic E-state index is 0.0673. The summed E-state index contributed by atoms with van der Waals surface area (Å²) in [6.45, 7) is 0.0673. The summed E-state index contributed by atoms with van der Waals surface area (Å²) in [4.78, 5) is 4.33.